The Kier molecular flexibility index (Phi) is 15.2. The van der Waals surface area contributed by atoms with Gasteiger partial charge in [-0.15, -0.1) is 11.6 Å². The van der Waals surface area contributed by atoms with Gasteiger partial charge in [0, 0.05) is 49.5 Å². The first-order valence-electron chi connectivity index (χ1n) is 18.9. The minimum absolute atomic E-state index is 0.0318. The molecule has 302 valence electrons. The summed E-state index contributed by atoms with van der Waals surface area (Å²) in [5.41, 5.74) is 4.07. The van der Waals surface area contributed by atoms with E-state index in [1.54, 1.807) is 6.20 Å². The summed E-state index contributed by atoms with van der Waals surface area (Å²) < 4.78 is 18.5. The maximum atomic E-state index is 14.4. The first-order chi connectivity index (χ1) is 27.4. The average Bonchev–Trinajstić information content (AvgIpc) is 3.64. The predicted octanol–water partition coefficient (Wildman–Crippen LogP) is 3.74. The molecule has 0 radical (unpaired) electrons. The molecule has 5 N–H and O–H groups in total. The number of hydrogen-bond acceptors (Lipinski definition) is 7. The number of ether oxygens (including phenoxy) is 1. The van der Waals surface area contributed by atoms with Crippen molar-refractivity contribution in [3.05, 3.63) is 107 Å². The van der Waals surface area contributed by atoms with Gasteiger partial charge in [-0.2, -0.15) is 0 Å². The van der Waals surface area contributed by atoms with Crippen molar-refractivity contribution in [1.82, 2.24) is 31.2 Å². The zero-order valence-electron chi connectivity index (χ0n) is 31.9. The van der Waals surface area contributed by atoms with Gasteiger partial charge in [0.2, 0.25) is 29.5 Å². The van der Waals surface area contributed by atoms with E-state index in [-0.39, 0.29) is 45.2 Å². The number of nitrogens with one attached hydrogen (secondary N) is 5. The molecule has 1 fully saturated rings. The third kappa shape index (κ3) is 11.9. The monoisotopic (exact) mass is 802 g/mol. The SMILES string of the molecule is COC(=O)CC[C@@H](NC(=O)CCl)C(=O)N1CCCC[C@H]1C(=O)N[C@@H](Cc1c[nH]c2ccccc12)C(=O)N[C@@H](Cc1ccc(F)cc1)C(=O)NCc1ccc(C)cc1. The van der Waals surface area contributed by atoms with Crippen LogP contribution in [0.25, 0.3) is 10.9 Å². The van der Waals surface area contributed by atoms with E-state index in [2.05, 4.69) is 26.3 Å². The number of aryl methyl sites for hydroxylation is 1. The van der Waals surface area contributed by atoms with Gasteiger partial charge in [-0.05, 0) is 67.5 Å². The molecule has 0 saturated carbocycles. The first-order valence-corrected chi connectivity index (χ1v) is 19.4. The van der Waals surface area contributed by atoms with Gasteiger partial charge in [-0.1, -0.05) is 60.2 Å². The number of aromatic nitrogens is 1. The fourth-order valence-corrected chi connectivity index (χ4v) is 6.95. The number of piperidine rings is 1. The summed E-state index contributed by atoms with van der Waals surface area (Å²) in [6.07, 6.45) is 3.06. The molecule has 15 heteroatoms. The number of amides is 5. The molecule has 5 rings (SSSR count). The van der Waals surface area contributed by atoms with Crippen molar-refractivity contribution in [3.63, 3.8) is 0 Å². The number of carbonyl (C=O) groups excluding carboxylic acids is 6. The van der Waals surface area contributed by atoms with E-state index in [0.29, 0.717) is 18.4 Å². The van der Waals surface area contributed by atoms with Crippen molar-refractivity contribution in [2.45, 2.75) is 82.6 Å². The topological polar surface area (TPSA) is 179 Å². The molecule has 0 aliphatic carbocycles. The van der Waals surface area contributed by atoms with E-state index >= 15 is 0 Å². The second kappa shape index (κ2) is 20.4. The third-order valence-corrected chi connectivity index (χ3v) is 10.3. The number of para-hydroxylation sites is 1. The van der Waals surface area contributed by atoms with Crippen LogP contribution >= 0.6 is 11.6 Å². The second-order valence-electron chi connectivity index (χ2n) is 14.1. The predicted molar refractivity (Wildman–Crippen MR) is 212 cm³/mol. The van der Waals surface area contributed by atoms with E-state index in [4.69, 9.17) is 16.3 Å². The van der Waals surface area contributed by atoms with Crippen LogP contribution in [0.2, 0.25) is 0 Å². The van der Waals surface area contributed by atoms with E-state index in [1.165, 1.54) is 36.3 Å². The van der Waals surface area contributed by atoms with Crippen molar-refractivity contribution < 1.29 is 37.9 Å². The van der Waals surface area contributed by atoms with Gasteiger partial charge in [-0.25, -0.2) is 4.39 Å². The van der Waals surface area contributed by atoms with Gasteiger partial charge in [0.1, 0.15) is 35.9 Å². The number of carbonyl (C=O) groups is 6. The van der Waals surface area contributed by atoms with Gasteiger partial charge in [0.25, 0.3) is 0 Å². The second-order valence-corrected chi connectivity index (χ2v) is 14.4. The smallest absolute Gasteiger partial charge is 0.305 e. The van der Waals surface area contributed by atoms with E-state index in [0.717, 1.165) is 27.6 Å². The highest BCUT2D eigenvalue weighted by Gasteiger charge is 2.38. The molecule has 13 nitrogen and oxygen atoms in total. The Bertz CT molecular complexity index is 2040. The number of hydrogen-bond donors (Lipinski definition) is 5. The summed E-state index contributed by atoms with van der Waals surface area (Å²) in [4.78, 5) is 85.2. The summed E-state index contributed by atoms with van der Waals surface area (Å²) in [5.74, 6) is -4.35. The van der Waals surface area contributed by atoms with Crippen LogP contribution in [0.1, 0.15) is 54.4 Å². The van der Waals surface area contributed by atoms with Crippen LogP contribution in [0.4, 0.5) is 4.39 Å². The number of alkyl halides is 1. The molecule has 2 heterocycles. The number of nitrogens with zero attached hydrogens (tertiary/aromatic N) is 1. The Morgan fingerprint density at radius 3 is 2.28 bits per heavy atom. The minimum atomic E-state index is -1.21. The lowest BCUT2D eigenvalue weighted by Gasteiger charge is -2.37. The van der Waals surface area contributed by atoms with Crippen molar-refractivity contribution in [1.29, 1.82) is 0 Å². The van der Waals surface area contributed by atoms with E-state index in [9.17, 15) is 33.2 Å². The van der Waals surface area contributed by atoms with Gasteiger partial charge in [-0.3, -0.25) is 28.8 Å². The Morgan fingerprint density at radius 1 is 0.860 bits per heavy atom. The number of fused-ring (bicyclic) bond motifs is 1. The Balaban J connectivity index is 1.40. The maximum Gasteiger partial charge on any atom is 0.305 e. The lowest BCUT2D eigenvalue weighted by atomic mass is 9.97. The molecule has 4 atom stereocenters. The van der Waals surface area contributed by atoms with Crippen LogP contribution in [-0.2, 0) is 52.9 Å². The number of likely N-dealkylation sites (tertiary alicyclic amines) is 1. The normalized spacial score (nSPS) is 15.5. The summed E-state index contributed by atoms with van der Waals surface area (Å²) in [7, 11) is 1.22. The van der Waals surface area contributed by atoms with Crippen LogP contribution in [0.5, 0.6) is 0 Å². The molecule has 0 spiro atoms. The van der Waals surface area contributed by atoms with Gasteiger partial charge in [0.05, 0.1) is 7.11 Å². The number of halogens is 2. The summed E-state index contributed by atoms with van der Waals surface area (Å²) in [5, 5.41) is 12.0. The highest BCUT2D eigenvalue weighted by Crippen LogP contribution is 2.22. The lowest BCUT2D eigenvalue weighted by molar-refractivity contribution is -0.146. The lowest BCUT2D eigenvalue weighted by Crippen LogP contribution is -2.61. The fraction of sp³-hybridized carbons (Fsp3) is 0.381. The molecule has 4 aromatic rings. The Labute approximate surface area is 335 Å². The van der Waals surface area contributed by atoms with Crippen LogP contribution in [0, 0.1) is 12.7 Å². The third-order valence-electron chi connectivity index (χ3n) is 10.0. The van der Waals surface area contributed by atoms with Crippen LogP contribution in [-0.4, -0.2) is 89.1 Å². The molecule has 3 aromatic carbocycles. The van der Waals surface area contributed by atoms with E-state index in [1.807, 2.05) is 55.5 Å². The number of esters is 1. The molecule has 1 aliphatic rings. The summed E-state index contributed by atoms with van der Waals surface area (Å²) >= 11 is 5.72. The Morgan fingerprint density at radius 2 is 1.56 bits per heavy atom. The quantitative estimate of drug-likeness (QED) is 0.0798. The summed E-state index contributed by atoms with van der Waals surface area (Å²) in [6, 6.07) is 16.3. The van der Waals surface area contributed by atoms with Gasteiger partial charge in [0.15, 0.2) is 0 Å². The standard InChI is InChI=1S/C42H48ClFN6O7/c1-26-10-12-28(13-11-26)24-46-39(53)34(21-27-14-16-30(44)17-15-27)48-40(54)35(22-29-25-45-32-8-4-3-7-31(29)32)49-41(55)36-9-5-6-20-50(36)42(56)33(47-37(51)23-43)18-19-38(52)57-2/h3-4,7-8,10-17,25,33-36,45H,5-6,9,18-24H2,1-2H3,(H,46,53)(H,47,51)(H,48,54)(H,49,55)/t33-,34+,35+,36+/m1/s1. The molecular formula is C42H48ClFN6O7. The van der Waals surface area contributed by atoms with Crippen molar-refractivity contribution in [2.75, 3.05) is 19.5 Å². The average molecular weight is 803 g/mol. The molecule has 1 saturated heterocycles. The molecule has 0 unspecified atom stereocenters. The number of benzene rings is 3. The highest BCUT2D eigenvalue weighted by atomic mass is 35.5. The minimum Gasteiger partial charge on any atom is -0.469 e. The van der Waals surface area contributed by atoms with Crippen molar-refractivity contribution in [3.8, 4) is 0 Å². The van der Waals surface area contributed by atoms with Gasteiger partial charge >= 0.3 is 5.97 Å². The van der Waals surface area contributed by atoms with Crippen molar-refractivity contribution in [2.24, 2.45) is 0 Å². The molecule has 5 amide bonds. The molecule has 57 heavy (non-hydrogen) atoms. The maximum absolute atomic E-state index is 14.4. The highest BCUT2D eigenvalue weighted by molar-refractivity contribution is 6.27. The molecule has 1 aromatic heterocycles. The van der Waals surface area contributed by atoms with E-state index < -0.39 is 71.4 Å². The van der Waals surface area contributed by atoms with Crippen LogP contribution in [0.3, 0.4) is 0 Å². The largest absolute Gasteiger partial charge is 0.469 e. The number of H-pyrrole nitrogens is 1. The van der Waals surface area contributed by atoms with Crippen LogP contribution in [0.15, 0.2) is 79.0 Å². The number of aromatic amines is 1. The first kappa shape index (κ1) is 42.4. The zero-order valence-corrected chi connectivity index (χ0v) is 32.7. The number of methoxy groups -OCH3 is 1. The Hall–Kier alpha value is -5.76. The molecule has 0 bridgehead atoms. The van der Waals surface area contributed by atoms with Crippen molar-refractivity contribution >= 4 is 58.0 Å². The molecular weight excluding hydrogens is 755 g/mol. The summed E-state index contributed by atoms with van der Waals surface area (Å²) in [6.45, 7) is 2.35. The van der Waals surface area contributed by atoms with Crippen LogP contribution < -0.4 is 21.3 Å². The fourth-order valence-electron chi connectivity index (χ4n) is 6.88. The van der Waals surface area contributed by atoms with Gasteiger partial charge < -0.3 is 35.9 Å². The zero-order chi connectivity index (χ0) is 40.9. The molecule has 1 aliphatic heterocycles. The number of rotatable bonds is 17.